The molecule has 15 heavy (non-hydrogen) atoms. The fourth-order valence-electron chi connectivity index (χ4n) is 1.50. The van der Waals surface area contributed by atoms with Crippen molar-refractivity contribution in [2.75, 3.05) is 6.26 Å². The number of carbonyl (C=O) groups is 1. The zero-order valence-corrected chi connectivity index (χ0v) is 10.4. The van der Waals surface area contributed by atoms with Gasteiger partial charge in [-0.15, -0.1) is 11.8 Å². The molecule has 1 rings (SSSR count). The van der Waals surface area contributed by atoms with Crippen molar-refractivity contribution in [1.29, 1.82) is 0 Å². The molecule has 3 heteroatoms. The zero-order chi connectivity index (χ0) is 11.4. The SMILES string of the molecule is CCC(=O)Oc1cc(C)c(SC)c(C)c1. The lowest BCUT2D eigenvalue weighted by atomic mass is 10.1. The Morgan fingerprint density at radius 2 is 1.87 bits per heavy atom. The van der Waals surface area contributed by atoms with Gasteiger partial charge in [-0.3, -0.25) is 4.79 Å². The first-order chi connectivity index (χ1) is 7.08. The second kappa shape index (κ2) is 5.21. The molecule has 0 heterocycles. The van der Waals surface area contributed by atoms with Crippen molar-refractivity contribution in [3.8, 4) is 5.75 Å². The van der Waals surface area contributed by atoms with Gasteiger partial charge < -0.3 is 4.74 Å². The summed E-state index contributed by atoms with van der Waals surface area (Å²) in [5.74, 6) is 0.459. The van der Waals surface area contributed by atoms with E-state index in [2.05, 4.69) is 0 Å². The third-order valence-electron chi connectivity index (χ3n) is 2.16. The summed E-state index contributed by atoms with van der Waals surface area (Å²) >= 11 is 1.71. The van der Waals surface area contributed by atoms with Crippen LogP contribution in [0.5, 0.6) is 5.75 Å². The number of hydrogen-bond donors (Lipinski definition) is 0. The van der Waals surface area contributed by atoms with Crippen LogP contribution < -0.4 is 4.74 Å². The minimum atomic E-state index is -0.189. The smallest absolute Gasteiger partial charge is 0.310 e. The lowest BCUT2D eigenvalue weighted by molar-refractivity contribution is -0.134. The van der Waals surface area contributed by atoms with Gasteiger partial charge in [0.1, 0.15) is 5.75 Å². The number of benzene rings is 1. The largest absolute Gasteiger partial charge is 0.427 e. The molecular formula is C12H16O2S. The molecule has 1 aromatic rings. The van der Waals surface area contributed by atoms with Gasteiger partial charge in [0, 0.05) is 11.3 Å². The van der Waals surface area contributed by atoms with Gasteiger partial charge in [0.25, 0.3) is 0 Å². The molecule has 0 aliphatic rings. The molecule has 0 atom stereocenters. The van der Waals surface area contributed by atoms with Gasteiger partial charge in [-0.05, 0) is 43.4 Å². The molecule has 0 saturated carbocycles. The molecule has 0 aromatic heterocycles. The Labute approximate surface area is 95.0 Å². The summed E-state index contributed by atoms with van der Waals surface area (Å²) in [4.78, 5) is 12.4. The van der Waals surface area contributed by atoms with Gasteiger partial charge in [0.05, 0.1) is 0 Å². The number of thioether (sulfide) groups is 1. The van der Waals surface area contributed by atoms with Crippen molar-refractivity contribution < 1.29 is 9.53 Å². The van der Waals surface area contributed by atoms with Gasteiger partial charge in [-0.2, -0.15) is 0 Å². The monoisotopic (exact) mass is 224 g/mol. The molecular weight excluding hydrogens is 208 g/mol. The molecule has 0 aliphatic carbocycles. The number of hydrogen-bond acceptors (Lipinski definition) is 3. The highest BCUT2D eigenvalue weighted by molar-refractivity contribution is 7.98. The van der Waals surface area contributed by atoms with E-state index in [9.17, 15) is 4.79 Å². The summed E-state index contributed by atoms with van der Waals surface area (Å²) in [5.41, 5.74) is 2.31. The van der Waals surface area contributed by atoms with E-state index in [1.807, 2.05) is 32.2 Å². The lowest BCUT2D eigenvalue weighted by Gasteiger charge is -2.10. The van der Waals surface area contributed by atoms with Crippen molar-refractivity contribution in [1.82, 2.24) is 0 Å². The standard InChI is InChI=1S/C12H16O2S/c1-5-11(13)14-10-6-8(2)12(15-4)9(3)7-10/h6-7H,5H2,1-4H3. The first kappa shape index (κ1) is 12.1. The van der Waals surface area contributed by atoms with Crippen LogP contribution in [0.25, 0.3) is 0 Å². The molecule has 82 valence electrons. The Morgan fingerprint density at radius 1 is 1.33 bits per heavy atom. The van der Waals surface area contributed by atoms with Crippen LogP contribution in [0.3, 0.4) is 0 Å². The maximum atomic E-state index is 11.1. The van der Waals surface area contributed by atoms with Crippen LogP contribution >= 0.6 is 11.8 Å². The van der Waals surface area contributed by atoms with E-state index in [0.717, 1.165) is 11.1 Å². The van der Waals surface area contributed by atoms with Crippen molar-refractivity contribution in [2.24, 2.45) is 0 Å². The highest BCUT2D eigenvalue weighted by atomic mass is 32.2. The van der Waals surface area contributed by atoms with E-state index < -0.39 is 0 Å². The fraction of sp³-hybridized carbons (Fsp3) is 0.417. The Bertz CT molecular complexity index is 349. The predicted molar refractivity (Wildman–Crippen MR) is 63.6 cm³/mol. The average Bonchev–Trinajstić information content (AvgIpc) is 2.17. The molecule has 0 aliphatic heterocycles. The zero-order valence-electron chi connectivity index (χ0n) is 9.59. The van der Waals surface area contributed by atoms with Crippen LogP contribution in [-0.2, 0) is 4.79 Å². The minimum absolute atomic E-state index is 0.189. The van der Waals surface area contributed by atoms with Gasteiger partial charge in [0.15, 0.2) is 0 Å². The van der Waals surface area contributed by atoms with Gasteiger partial charge in [-0.1, -0.05) is 6.92 Å². The molecule has 0 bridgehead atoms. The third-order valence-corrected chi connectivity index (χ3v) is 3.21. The maximum absolute atomic E-state index is 11.1. The summed E-state index contributed by atoms with van der Waals surface area (Å²) in [5, 5.41) is 0. The number of ether oxygens (including phenoxy) is 1. The minimum Gasteiger partial charge on any atom is -0.427 e. The summed E-state index contributed by atoms with van der Waals surface area (Å²) in [7, 11) is 0. The first-order valence-corrected chi connectivity index (χ1v) is 6.16. The quantitative estimate of drug-likeness (QED) is 0.447. The molecule has 1 aromatic carbocycles. The molecule has 0 saturated heterocycles. The van der Waals surface area contributed by atoms with E-state index in [1.165, 1.54) is 4.90 Å². The molecule has 0 N–H and O–H groups in total. The number of aryl methyl sites for hydroxylation is 2. The summed E-state index contributed by atoms with van der Waals surface area (Å²) in [6, 6.07) is 3.82. The summed E-state index contributed by atoms with van der Waals surface area (Å²) in [6.45, 7) is 5.85. The summed E-state index contributed by atoms with van der Waals surface area (Å²) < 4.78 is 5.18. The predicted octanol–water partition coefficient (Wildman–Crippen LogP) is 3.34. The lowest BCUT2D eigenvalue weighted by Crippen LogP contribution is -2.06. The Hall–Kier alpha value is -0.960. The molecule has 0 radical (unpaired) electrons. The van der Waals surface area contributed by atoms with Gasteiger partial charge >= 0.3 is 5.97 Å². The van der Waals surface area contributed by atoms with Crippen molar-refractivity contribution >= 4 is 17.7 Å². The normalized spacial score (nSPS) is 10.1. The van der Waals surface area contributed by atoms with Gasteiger partial charge in [0.2, 0.25) is 0 Å². The van der Waals surface area contributed by atoms with E-state index in [-0.39, 0.29) is 5.97 Å². The van der Waals surface area contributed by atoms with Crippen LogP contribution in [0, 0.1) is 13.8 Å². The highest BCUT2D eigenvalue weighted by Crippen LogP contribution is 2.28. The maximum Gasteiger partial charge on any atom is 0.310 e. The van der Waals surface area contributed by atoms with Crippen LogP contribution in [-0.4, -0.2) is 12.2 Å². The van der Waals surface area contributed by atoms with Crippen LogP contribution in [0.4, 0.5) is 0 Å². The number of carbonyl (C=O) groups excluding carboxylic acids is 1. The second-order valence-electron chi connectivity index (χ2n) is 3.42. The van der Waals surface area contributed by atoms with Crippen LogP contribution in [0.2, 0.25) is 0 Å². The summed E-state index contributed by atoms with van der Waals surface area (Å²) in [6.07, 6.45) is 2.45. The Morgan fingerprint density at radius 3 is 2.27 bits per heavy atom. The van der Waals surface area contributed by atoms with E-state index in [0.29, 0.717) is 12.2 Å². The molecule has 0 fully saturated rings. The van der Waals surface area contributed by atoms with E-state index >= 15 is 0 Å². The van der Waals surface area contributed by atoms with Crippen molar-refractivity contribution in [2.45, 2.75) is 32.1 Å². The van der Waals surface area contributed by atoms with Crippen LogP contribution in [0.1, 0.15) is 24.5 Å². The number of esters is 1. The molecule has 0 unspecified atom stereocenters. The second-order valence-corrected chi connectivity index (χ2v) is 4.23. The van der Waals surface area contributed by atoms with E-state index in [1.54, 1.807) is 18.7 Å². The fourth-order valence-corrected chi connectivity index (χ4v) is 2.26. The third kappa shape index (κ3) is 2.99. The van der Waals surface area contributed by atoms with E-state index in [4.69, 9.17) is 4.74 Å². The Balaban J connectivity index is 2.98. The average molecular weight is 224 g/mol. The number of rotatable bonds is 3. The van der Waals surface area contributed by atoms with Crippen molar-refractivity contribution in [3.63, 3.8) is 0 Å². The van der Waals surface area contributed by atoms with Crippen molar-refractivity contribution in [3.05, 3.63) is 23.3 Å². The van der Waals surface area contributed by atoms with Gasteiger partial charge in [-0.25, -0.2) is 0 Å². The Kier molecular flexibility index (Phi) is 4.21. The molecule has 0 amide bonds. The first-order valence-electron chi connectivity index (χ1n) is 4.94. The molecule has 0 spiro atoms. The highest BCUT2D eigenvalue weighted by Gasteiger charge is 2.07. The topological polar surface area (TPSA) is 26.3 Å². The van der Waals surface area contributed by atoms with Crippen LogP contribution in [0.15, 0.2) is 17.0 Å². The molecule has 2 nitrogen and oxygen atoms in total.